The van der Waals surface area contributed by atoms with Crippen LogP contribution < -0.4 is 5.73 Å². The number of benzene rings is 1. The fourth-order valence-corrected chi connectivity index (χ4v) is 3.54. The lowest BCUT2D eigenvalue weighted by atomic mass is 9.94. The Morgan fingerprint density at radius 1 is 1.17 bits per heavy atom. The van der Waals surface area contributed by atoms with E-state index in [9.17, 15) is 0 Å². The molecule has 0 fully saturated rings. The smallest absolute Gasteiger partial charge is 0.0515 e. The zero-order valence-corrected chi connectivity index (χ0v) is 11.4. The molecule has 0 unspecified atom stereocenters. The van der Waals surface area contributed by atoms with Gasteiger partial charge in [-0.05, 0) is 56.7 Å². The van der Waals surface area contributed by atoms with E-state index in [2.05, 4.69) is 30.5 Å². The van der Waals surface area contributed by atoms with Crippen LogP contribution in [0.3, 0.4) is 0 Å². The lowest BCUT2D eigenvalue weighted by Gasteiger charge is -2.15. The summed E-state index contributed by atoms with van der Waals surface area (Å²) in [6, 6.07) is 4.65. The molecule has 1 aromatic carbocycles. The predicted molar refractivity (Wildman–Crippen MR) is 77.1 cm³/mol. The van der Waals surface area contributed by atoms with Gasteiger partial charge in [0.15, 0.2) is 0 Å². The van der Waals surface area contributed by atoms with Gasteiger partial charge in [-0.3, -0.25) is 0 Å². The molecule has 0 atom stereocenters. The Bertz CT molecular complexity index is 593. The monoisotopic (exact) mass is 242 g/mol. The van der Waals surface area contributed by atoms with Gasteiger partial charge in [-0.25, -0.2) is 0 Å². The van der Waals surface area contributed by atoms with Crippen LogP contribution in [0.5, 0.6) is 0 Å². The van der Waals surface area contributed by atoms with Crippen LogP contribution in [0.25, 0.3) is 10.9 Å². The summed E-state index contributed by atoms with van der Waals surface area (Å²) in [5, 5.41) is 1.48. The van der Waals surface area contributed by atoms with Crippen molar-refractivity contribution in [2.24, 2.45) is 5.73 Å². The maximum atomic E-state index is 5.80. The molecule has 0 saturated carbocycles. The zero-order valence-electron chi connectivity index (χ0n) is 11.4. The van der Waals surface area contributed by atoms with Crippen LogP contribution in [0, 0.1) is 13.8 Å². The molecule has 1 heterocycles. The fraction of sp³-hybridized carbons (Fsp3) is 0.500. The van der Waals surface area contributed by atoms with Crippen molar-refractivity contribution in [2.75, 3.05) is 6.54 Å². The third kappa shape index (κ3) is 1.67. The predicted octanol–water partition coefficient (Wildman–Crippen LogP) is 3.10. The molecule has 0 aliphatic heterocycles. The Hall–Kier alpha value is -1.28. The summed E-state index contributed by atoms with van der Waals surface area (Å²) in [4.78, 5) is 0. The Balaban J connectivity index is 2.36. The number of nitrogens with zero attached hydrogens (tertiary/aromatic N) is 1. The maximum Gasteiger partial charge on any atom is 0.0515 e. The van der Waals surface area contributed by atoms with Gasteiger partial charge in [0.2, 0.25) is 0 Å². The van der Waals surface area contributed by atoms with E-state index in [4.69, 9.17) is 5.73 Å². The van der Waals surface area contributed by atoms with Crippen molar-refractivity contribution in [1.29, 1.82) is 0 Å². The Kier molecular flexibility index (Phi) is 2.90. The summed E-state index contributed by atoms with van der Waals surface area (Å²) in [6.07, 6.45) is 5.13. The third-order valence-corrected chi connectivity index (χ3v) is 4.16. The number of rotatable bonds is 2. The van der Waals surface area contributed by atoms with E-state index < -0.39 is 0 Å². The summed E-state index contributed by atoms with van der Waals surface area (Å²) in [5.41, 5.74) is 13.1. The second kappa shape index (κ2) is 4.43. The summed E-state index contributed by atoms with van der Waals surface area (Å²) < 4.78 is 2.48. The summed E-state index contributed by atoms with van der Waals surface area (Å²) in [7, 11) is 0. The largest absolute Gasteiger partial charge is 0.343 e. The first-order chi connectivity index (χ1) is 8.72. The highest BCUT2D eigenvalue weighted by atomic mass is 15.0. The van der Waals surface area contributed by atoms with Crippen molar-refractivity contribution in [1.82, 2.24) is 4.57 Å². The highest BCUT2D eigenvalue weighted by Crippen LogP contribution is 2.34. The van der Waals surface area contributed by atoms with Crippen molar-refractivity contribution in [2.45, 2.75) is 46.1 Å². The van der Waals surface area contributed by atoms with E-state index in [1.54, 1.807) is 11.3 Å². The molecule has 2 nitrogen and oxygen atoms in total. The molecule has 1 aliphatic rings. The number of fused-ring (bicyclic) bond motifs is 3. The maximum absolute atomic E-state index is 5.80. The van der Waals surface area contributed by atoms with Gasteiger partial charge in [0, 0.05) is 24.2 Å². The SMILES string of the molecule is Cc1cc(C)c2c(c1)c1c(n2CCN)CCCC1. The second-order valence-corrected chi connectivity index (χ2v) is 5.55. The molecule has 0 radical (unpaired) electrons. The van der Waals surface area contributed by atoms with Crippen molar-refractivity contribution in [3.63, 3.8) is 0 Å². The van der Waals surface area contributed by atoms with Crippen LogP contribution in [0.1, 0.15) is 35.2 Å². The Morgan fingerprint density at radius 3 is 2.72 bits per heavy atom. The first kappa shape index (κ1) is 11.8. The molecule has 0 spiro atoms. The van der Waals surface area contributed by atoms with Crippen LogP contribution in [0.2, 0.25) is 0 Å². The molecule has 18 heavy (non-hydrogen) atoms. The topological polar surface area (TPSA) is 30.9 Å². The van der Waals surface area contributed by atoms with Gasteiger partial charge in [0.05, 0.1) is 5.52 Å². The summed E-state index contributed by atoms with van der Waals surface area (Å²) >= 11 is 0. The lowest BCUT2D eigenvalue weighted by Crippen LogP contribution is -2.14. The molecule has 1 aromatic heterocycles. The van der Waals surface area contributed by atoms with Gasteiger partial charge in [-0.2, -0.15) is 0 Å². The molecule has 0 amide bonds. The van der Waals surface area contributed by atoms with Crippen LogP contribution in [-0.2, 0) is 19.4 Å². The van der Waals surface area contributed by atoms with E-state index in [1.807, 2.05) is 0 Å². The van der Waals surface area contributed by atoms with Crippen LogP contribution in [0.4, 0.5) is 0 Å². The minimum atomic E-state index is 0.726. The number of aryl methyl sites for hydroxylation is 3. The molecule has 2 aromatic rings. The molecule has 0 bridgehead atoms. The number of nitrogens with two attached hydrogens (primary N) is 1. The molecule has 2 heteroatoms. The highest BCUT2D eigenvalue weighted by Gasteiger charge is 2.20. The first-order valence-corrected chi connectivity index (χ1v) is 7.03. The van der Waals surface area contributed by atoms with Crippen LogP contribution in [-0.4, -0.2) is 11.1 Å². The van der Waals surface area contributed by atoms with Gasteiger partial charge >= 0.3 is 0 Å². The average molecular weight is 242 g/mol. The van der Waals surface area contributed by atoms with Gasteiger partial charge in [-0.1, -0.05) is 11.6 Å². The Labute approximate surface area is 109 Å². The van der Waals surface area contributed by atoms with Gasteiger partial charge in [-0.15, -0.1) is 0 Å². The van der Waals surface area contributed by atoms with Crippen molar-refractivity contribution < 1.29 is 0 Å². The second-order valence-electron chi connectivity index (χ2n) is 5.55. The standard InChI is InChI=1S/C16H22N2/c1-11-9-12(2)16-14(10-11)13-5-3-4-6-15(13)18(16)8-7-17/h9-10H,3-8,17H2,1-2H3. The van der Waals surface area contributed by atoms with Crippen molar-refractivity contribution in [3.05, 3.63) is 34.5 Å². The minimum Gasteiger partial charge on any atom is -0.343 e. The molecule has 0 saturated heterocycles. The van der Waals surface area contributed by atoms with E-state index >= 15 is 0 Å². The van der Waals surface area contributed by atoms with E-state index in [-0.39, 0.29) is 0 Å². The first-order valence-electron chi connectivity index (χ1n) is 7.03. The fourth-order valence-electron chi connectivity index (χ4n) is 3.54. The quantitative estimate of drug-likeness (QED) is 0.862. The Morgan fingerprint density at radius 2 is 1.94 bits per heavy atom. The zero-order chi connectivity index (χ0) is 12.7. The molecule has 3 rings (SSSR count). The number of aromatic nitrogens is 1. The lowest BCUT2D eigenvalue weighted by molar-refractivity contribution is 0.617. The summed E-state index contributed by atoms with van der Waals surface area (Å²) in [6.45, 7) is 6.11. The number of hydrogen-bond donors (Lipinski definition) is 1. The van der Waals surface area contributed by atoms with E-state index in [1.165, 1.54) is 47.7 Å². The molecule has 2 N–H and O–H groups in total. The molecular weight excluding hydrogens is 220 g/mol. The van der Waals surface area contributed by atoms with Gasteiger partial charge in [0.25, 0.3) is 0 Å². The molecule has 1 aliphatic carbocycles. The van der Waals surface area contributed by atoms with Gasteiger partial charge < -0.3 is 10.3 Å². The molecular formula is C16H22N2. The summed E-state index contributed by atoms with van der Waals surface area (Å²) in [5.74, 6) is 0. The number of hydrogen-bond acceptors (Lipinski definition) is 1. The van der Waals surface area contributed by atoms with E-state index in [0.29, 0.717) is 0 Å². The van der Waals surface area contributed by atoms with E-state index in [0.717, 1.165) is 13.1 Å². The van der Waals surface area contributed by atoms with Crippen molar-refractivity contribution >= 4 is 10.9 Å². The van der Waals surface area contributed by atoms with Crippen molar-refractivity contribution in [3.8, 4) is 0 Å². The van der Waals surface area contributed by atoms with Crippen LogP contribution >= 0.6 is 0 Å². The normalized spacial score (nSPS) is 15.1. The third-order valence-electron chi connectivity index (χ3n) is 4.16. The average Bonchev–Trinajstić information content (AvgIpc) is 2.65. The minimum absolute atomic E-state index is 0.726. The van der Waals surface area contributed by atoms with Crippen LogP contribution in [0.15, 0.2) is 12.1 Å². The van der Waals surface area contributed by atoms with Gasteiger partial charge in [0.1, 0.15) is 0 Å². The highest BCUT2D eigenvalue weighted by molar-refractivity contribution is 5.89. The molecule has 96 valence electrons.